The highest BCUT2D eigenvalue weighted by Crippen LogP contribution is 2.21. The lowest BCUT2D eigenvalue weighted by Gasteiger charge is -2.37. The Kier molecular flexibility index (Phi) is 3.30. The zero-order valence-corrected chi connectivity index (χ0v) is 9.96. The Morgan fingerprint density at radius 1 is 1.40 bits per heavy atom. The molecule has 2 aliphatic rings. The van der Waals surface area contributed by atoms with Crippen LogP contribution in [0.2, 0.25) is 0 Å². The monoisotopic (exact) mass is 233 g/mol. The molecule has 88 valence electrons. The molecule has 0 aromatic heterocycles. The molecule has 6 heteroatoms. The van der Waals surface area contributed by atoms with E-state index in [1.807, 2.05) is 6.92 Å². The topological polar surface area (TPSA) is 52.6 Å². The van der Waals surface area contributed by atoms with Crippen molar-refractivity contribution in [2.45, 2.75) is 25.8 Å². The van der Waals surface area contributed by atoms with Gasteiger partial charge in [-0.3, -0.25) is 0 Å². The molecule has 2 saturated heterocycles. The maximum atomic E-state index is 12.2. The van der Waals surface area contributed by atoms with E-state index in [1.54, 1.807) is 8.61 Å². The van der Waals surface area contributed by atoms with Crippen LogP contribution >= 0.6 is 0 Å². The van der Waals surface area contributed by atoms with Crippen molar-refractivity contribution in [3.63, 3.8) is 0 Å². The fourth-order valence-electron chi connectivity index (χ4n) is 2.36. The van der Waals surface area contributed by atoms with Gasteiger partial charge in [-0.1, -0.05) is 6.92 Å². The van der Waals surface area contributed by atoms with Gasteiger partial charge < -0.3 is 5.32 Å². The molecule has 2 aliphatic heterocycles. The van der Waals surface area contributed by atoms with E-state index >= 15 is 0 Å². The summed E-state index contributed by atoms with van der Waals surface area (Å²) in [6.45, 7) is 5.58. The molecule has 1 N–H and O–H groups in total. The Morgan fingerprint density at radius 2 is 2.20 bits per heavy atom. The molecule has 0 saturated carbocycles. The van der Waals surface area contributed by atoms with Gasteiger partial charge in [0.1, 0.15) is 0 Å². The van der Waals surface area contributed by atoms with Crippen molar-refractivity contribution in [2.24, 2.45) is 0 Å². The fraction of sp³-hybridized carbons (Fsp3) is 1.00. The standard InChI is InChI=1S/C9H19N3O2S/c1-2-11-6-3-7-12(15(11,13)14)9-4-5-10-8-9/h9-10H,2-8H2,1H3/t9-/m1/s1. The van der Waals surface area contributed by atoms with E-state index in [-0.39, 0.29) is 6.04 Å². The maximum Gasteiger partial charge on any atom is 0.282 e. The summed E-state index contributed by atoms with van der Waals surface area (Å²) in [5, 5.41) is 3.22. The van der Waals surface area contributed by atoms with Gasteiger partial charge in [0.05, 0.1) is 0 Å². The molecule has 0 aromatic rings. The van der Waals surface area contributed by atoms with Gasteiger partial charge in [-0.15, -0.1) is 0 Å². The largest absolute Gasteiger partial charge is 0.315 e. The van der Waals surface area contributed by atoms with Gasteiger partial charge in [0.15, 0.2) is 0 Å². The minimum atomic E-state index is -3.17. The Morgan fingerprint density at radius 3 is 2.80 bits per heavy atom. The second-order valence-electron chi connectivity index (χ2n) is 4.11. The Labute approximate surface area is 91.6 Å². The number of rotatable bonds is 2. The zero-order chi connectivity index (χ0) is 10.9. The van der Waals surface area contributed by atoms with Crippen molar-refractivity contribution in [2.75, 3.05) is 32.7 Å². The third-order valence-electron chi connectivity index (χ3n) is 3.20. The molecule has 0 spiro atoms. The van der Waals surface area contributed by atoms with Crippen molar-refractivity contribution < 1.29 is 8.42 Å². The van der Waals surface area contributed by atoms with Gasteiger partial charge in [0, 0.05) is 32.2 Å². The SMILES string of the molecule is CCN1CCCN([C@@H]2CCNC2)S1(=O)=O. The van der Waals surface area contributed by atoms with Gasteiger partial charge in [-0.05, 0) is 19.4 Å². The van der Waals surface area contributed by atoms with E-state index in [1.165, 1.54) is 0 Å². The molecule has 2 rings (SSSR count). The average molecular weight is 233 g/mol. The van der Waals surface area contributed by atoms with Crippen molar-refractivity contribution in [3.05, 3.63) is 0 Å². The minimum absolute atomic E-state index is 0.171. The Balaban J connectivity index is 2.16. The number of nitrogens with zero attached hydrogens (tertiary/aromatic N) is 2. The molecule has 0 unspecified atom stereocenters. The van der Waals surface area contributed by atoms with Crippen LogP contribution < -0.4 is 5.32 Å². The predicted octanol–water partition coefficient (Wildman–Crippen LogP) is -0.379. The average Bonchev–Trinajstić information content (AvgIpc) is 2.69. The van der Waals surface area contributed by atoms with Crippen LogP contribution in [0.5, 0.6) is 0 Å². The van der Waals surface area contributed by atoms with E-state index in [0.717, 1.165) is 25.9 Å². The minimum Gasteiger partial charge on any atom is -0.315 e. The summed E-state index contributed by atoms with van der Waals surface area (Å²) >= 11 is 0. The molecule has 0 amide bonds. The van der Waals surface area contributed by atoms with E-state index in [0.29, 0.717) is 19.6 Å². The lowest BCUT2D eigenvalue weighted by atomic mass is 10.2. The number of hydrogen-bond donors (Lipinski definition) is 1. The number of nitrogens with one attached hydrogen (secondary N) is 1. The lowest BCUT2D eigenvalue weighted by Crippen LogP contribution is -2.53. The molecule has 0 radical (unpaired) electrons. The Hall–Kier alpha value is -0.170. The molecule has 2 heterocycles. The molecule has 0 aliphatic carbocycles. The van der Waals surface area contributed by atoms with Crippen LogP contribution in [0.1, 0.15) is 19.8 Å². The smallest absolute Gasteiger partial charge is 0.282 e. The Bertz CT molecular complexity index is 311. The maximum absolute atomic E-state index is 12.2. The summed E-state index contributed by atoms with van der Waals surface area (Å²) in [6, 6.07) is 0.171. The van der Waals surface area contributed by atoms with Crippen molar-refractivity contribution in [1.29, 1.82) is 0 Å². The molecule has 15 heavy (non-hydrogen) atoms. The first-order chi connectivity index (χ1) is 7.16. The number of hydrogen-bond acceptors (Lipinski definition) is 3. The van der Waals surface area contributed by atoms with Crippen LogP contribution in [0.3, 0.4) is 0 Å². The third kappa shape index (κ3) is 2.04. The van der Waals surface area contributed by atoms with E-state index < -0.39 is 10.2 Å². The van der Waals surface area contributed by atoms with Gasteiger partial charge in [-0.25, -0.2) is 0 Å². The third-order valence-corrected chi connectivity index (χ3v) is 5.37. The molecule has 5 nitrogen and oxygen atoms in total. The highest BCUT2D eigenvalue weighted by atomic mass is 32.2. The molecular weight excluding hydrogens is 214 g/mol. The van der Waals surface area contributed by atoms with Gasteiger partial charge in [-0.2, -0.15) is 17.0 Å². The predicted molar refractivity (Wildman–Crippen MR) is 58.8 cm³/mol. The van der Waals surface area contributed by atoms with E-state index in [2.05, 4.69) is 5.32 Å². The van der Waals surface area contributed by atoms with Crippen LogP contribution in [-0.4, -0.2) is 55.8 Å². The summed E-state index contributed by atoms with van der Waals surface area (Å²) < 4.78 is 27.6. The van der Waals surface area contributed by atoms with Crippen molar-refractivity contribution in [3.8, 4) is 0 Å². The molecular formula is C9H19N3O2S. The van der Waals surface area contributed by atoms with E-state index in [4.69, 9.17) is 0 Å². The van der Waals surface area contributed by atoms with Gasteiger partial charge >= 0.3 is 0 Å². The first-order valence-electron chi connectivity index (χ1n) is 5.64. The molecule has 0 aromatic carbocycles. The highest BCUT2D eigenvalue weighted by Gasteiger charge is 2.37. The quantitative estimate of drug-likeness (QED) is 0.707. The summed E-state index contributed by atoms with van der Waals surface area (Å²) in [5.74, 6) is 0. The highest BCUT2D eigenvalue weighted by molar-refractivity contribution is 7.86. The second kappa shape index (κ2) is 4.37. The second-order valence-corrected chi connectivity index (χ2v) is 5.99. The molecule has 0 bridgehead atoms. The van der Waals surface area contributed by atoms with E-state index in [9.17, 15) is 8.42 Å². The summed E-state index contributed by atoms with van der Waals surface area (Å²) in [4.78, 5) is 0. The summed E-state index contributed by atoms with van der Waals surface area (Å²) in [5.41, 5.74) is 0. The zero-order valence-electron chi connectivity index (χ0n) is 9.15. The lowest BCUT2D eigenvalue weighted by molar-refractivity contribution is 0.251. The normalized spacial score (nSPS) is 33.3. The van der Waals surface area contributed by atoms with Crippen LogP contribution in [0, 0.1) is 0 Å². The van der Waals surface area contributed by atoms with Crippen LogP contribution in [0.25, 0.3) is 0 Å². The summed E-state index contributed by atoms with van der Waals surface area (Å²) in [6.07, 6.45) is 1.89. The van der Waals surface area contributed by atoms with Crippen LogP contribution in [0.15, 0.2) is 0 Å². The molecule has 2 fully saturated rings. The van der Waals surface area contributed by atoms with Crippen LogP contribution in [-0.2, 0) is 10.2 Å². The van der Waals surface area contributed by atoms with Crippen molar-refractivity contribution >= 4 is 10.2 Å². The first-order valence-corrected chi connectivity index (χ1v) is 7.03. The summed E-state index contributed by atoms with van der Waals surface area (Å²) in [7, 11) is -3.17. The first kappa shape index (κ1) is 11.3. The van der Waals surface area contributed by atoms with Crippen molar-refractivity contribution in [1.82, 2.24) is 13.9 Å². The van der Waals surface area contributed by atoms with Gasteiger partial charge in [0.25, 0.3) is 10.2 Å². The van der Waals surface area contributed by atoms with Gasteiger partial charge in [0.2, 0.25) is 0 Å². The fourth-order valence-corrected chi connectivity index (χ4v) is 4.26. The molecule has 1 atom stereocenters. The van der Waals surface area contributed by atoms with Crippen LogP contribution in [0.4, 0.5) is 0 Å².